The summed E-state index contributed by atoms with van der Waals surface area (Å²) in [5.41, 5.74) is -0.756. The van der Waals surface area contributed by atoms with Crippen LogP contribution in [0.1, 0.15) is 20.8 Å². The molecule has 0 aromatic carbocycles. The Bertz CT molecular complexity index is 167. The molecule has 1 amide bonds. The van der Waals surface area contributed by atoms with E-state index in [1.54, 1.807) is 14.0 Å². The Morgan fingerprint density at radius 3 is 2.46 bits per heavy atom. The van der Waals surface area contributed by atoms with E-state index in [1.807, 2.05) is 13.8 Å². The average Bonchev–Trinajstić information content (AvgIpc) is 2.03. The molecule has 0 aliphatic carbocycles. The molecule has 3 N–H and O–H groups in total. The topological polar surface area (TPSA) is 61.4 Å². The molecule has 0 heterocycles. The predicted molar refractivity (Wildman–Crippen MR) is 52.4 cm³/mol. The number of rotatable bonds is 5. The molecule has 0 rings (SSSR count). The van der Waals surface area contributed by atoms with Gasteiger partial charge in [0.25, 0.3) is 0 Å². The predicted octanol–water partition coefficient (Wildman–Crippen LogP) is -0.271. The van der Waals surface area contributed by atoms with E-state index in [0.29, 0.717) is 6.54 Å². The van der Waals surface area contributed by atoms with E-state index < -0.39 is 5.60 Å². The highest BCUT2D eigenvalue weighted by molar-refractivity contribution is 5.77. The van der Waals surface area contributed by atoms with Crippen molar-refractivity contribution in [2.45, 2.75) is 26.4 Å². The molecule has 0 fully saturated rings. The fourth-order valence-corrected chi connectivity index (χ4v) is 0.722. The molecule has 0 saturated heterocycles. The summed E-state index contributed by atoms with van der Waals surface area (Å²) in [6.45, 7) is 6.33. The van der Waals surface area contributed by atoms with Crippen LogP contribution in [0.2, 0.25) is 0 Å². The molecule has 4 nitrogen and oxygen atoms in total. The van der Waals surface area contributed by atoms with Crippen LogP contribution in [0.5, 0.6) is 0 Å². The number of aliphatic hydroxyl groups is 1. The van der Waals surface area contributed by atoms with Gasteiger partial charge in [-0.25, -0.2) is 0 Å². The highest BCUT2D eigenvalue weighted by Gasteiger charge is 2.24. The van der Waals surface area contributed by atoms with E-state index in [-0.39, 0.29) is 18.4 Å². The van der Waals surface area contributed by atoms with Gasteiger partial charge in [0.05, 0.1) is 12.1 Å². The van der Waals surface area contributed by atoms with Crippen molar-refractivity contribution in [2.75, 3.05) is 20.1 Å². The van der Waals surface area contributed by atoms with Gasteiger partial charge in [-0.15, -0.1) is 0 Å². The Balaban J connectivity index is 3.70. The molecular weight excluding hydrogens is 168 g/mol. The fourth-order valence-electron chi connectivity index (χ4n) is 0.722. The first-order valence-electron chi connectivity index (χ1n) is 4.54. The standard InChI is InChI=1S/C9H20N2O2/c1-7(2)9(3,13)6-11-5-8(12)10-4/h7,11,13H,5-6H2,1-4H3,(H,10,12). The van der Waals surface area contributed by atoms with Crippen molar-refractivity contribution in [3.8, 4) is 0 Å². The third-order valence-corrected chi connectivity index (χ3v) is 2.29. The van der Waals surface area contributed by atoms with Gasteiger partial charge in [-0.3, -0.25) is 4.79 Å². The number of likely N-dealkylation sites (N-methyl/N-ethyl adjacent to an activating group) is 1. The Kier molecular flexibility index (Phi) is 4.95. The van der Waals surface area contributed by atoms with Gasteiger partial charge in [0.2, 0.25) is 5.91 Å². The summed E-state index contributed by atoms with van der Waals surface area (Å²) in [4.78, 5) is 10.8. The molecule has 1 unspecified atom stereocenters. The smallest absolute Gasteiger partial charge is 0.233 e. The highest BCUT2D eigenvalue weighted by atomic mass is 16.3. The first-order chi connectivity index (χ1) is 5.90. The summed E-state index contributed by atoms with van der Waals surface area (Å²) in [5, 5.41) is 15.2. The van der Waals surface area contributed by atoms with Gasteiger partial charge < -0.3 is 15.7 Å². The third-order valence-electron chi connectivity index (χ3n) is 2.29. The number of hydrogen-bond donors (Lipinski definition) is 3. The lowest BCUT2D eigenvalue weighted by Crippen LogP contribution is -2.44. The molecule has 4 heteroatoms. The zero-order valence-corrected chi connectivity index (χ0v) is 8.85. The van der Waals surface area contributed by atoms with E-state index >= 15 is 0 Å². The van der Waals surface area contributed by atoms with E-state index in [0.717, 1.165) is 0 Å². The first-order valence-corrected chi connectivity index (χ1v) is 4.54. The van der Waals surface area contributed by atoms with Gasteiger partial charge in [0.15, 0.2) is 0 Å². The normalized spacial score (nSPS) is 15.5. The third kappa shape index (κ3) is 4.85. The average molecular weight is 188 g/mol. The molecule has 0 aromatic heterocycles. The highest BCUT2D eigenvalue weighted by Crippen LogP contribution is 2.13. The maximum absolute atomic E-state index is 10.8. The number of nitrogens with one attached hydrogen (secondary N) is 2. The molecule has 1 atom stereocenters. The van der Waals surface area contributed by atoms with Crippen molar-refractivity contribution >= 4 is 5.91 Å². The summed E-state index contributed by atoms with van der Waals surface area (Å²) < 4.78 is 0. The quantitative estimate of drug-likeness (QED) is 0.556. The van der Waals surface area contributed by atoms with Crippen molar-refractivity contribution in [3.63, 3.8) is 0 Å². The summed E-state index contributed by atoms with van der Waals surface area (Å²) >= 11 is 0. The van der Waals surface area contributed by atoms with Crippen LogP contribution in [0, 0.1) is 5.92 Å². The number of carbonyl (C=O) groups excluding carboxylic acids is 1. The van der Waals surface area contributed by atoms with Crippen LogP contribution in [-0.2, 0) is 4.79 Å². The van der Waals surface area contributed by atoms with Gasteiger partial charge in [0, 0.05) is 13.6 Å². The second kappa shape index (κ2) is 5.19. The van der Waals surface area contributed by atoms with Crippen LogP contribution in [0.4, 0.5) is 0 Å². The Morgan fingerprint density at radius 1 is 1.54 bits per heavy atom. The van der Waals surface area contributed by atoms with Gasteiger partial charge in [-0.05, 0) is 12.8 Å². The number of amides is 1. The summed E-state index contributed by atoms with van der Waals surface area (Å²) in [6, 6.07) is 0. The van der Waals surface area contributed by atoms with Crippen molar-refractivity contribution in [2.24, 2.45) is 5.92 Å². The number of carbonyl (C=O) groups is 1. The number of hydrogen-bond acceptors (Lipinski definition) is 3. The van der Waals surface area contributed by atoms with Gasteiger partial charge in [-0.1, -0.05) is 13.8 Å². The summed E-state index contributed by atoms with van der Waals surface area (Å²) in [7, 11) is 1.59. The van der Waals surface area contributed by atoms with Crippen LogP contribution in [0.25, 0.3) is 0 Å². The molecule has 13 heavy (non-hydrogen) atoms. The zero-order valence-electron chi connectivity index (χ0n) is 8.85. The monoisotopic (exact) mass is 188 g/mol. The minimum absolute atomic E-state index is 0.0699. The lowest BCUT2D eigenvalue weighted by Gasteiger charge is -2.27. The lowest BCUT2D eigenvalue weighted by atomic mass is 9.93. The van der Waals surface area contributed by atoms with Crippen LogP contribution >= 0.6 is 0 Å². The van der Waals surface area contributed by atoms with Crippen molar-refractivity contribution in [1.29, 1.82) is 0 Å². The SMILES string of the molecule is CNC(=O)CNCC(C)(O)C(C)C. The molecule has 0 radical (unpaired) electrons. The van der Waals surface area contributed by atoms with E-state index in [1.165, 1.54) is 0 Å². The zero-order chi connectivity index (χ0) is 10.5. The molecule has 0 aliphatic rings. The second-order valence-corrected chi connectivity index (χ2v) is 3.79. The van der Waals surface area contributed by atoms with E-state index in [2.05, 4.69) is 10.6 Å². The molecular formula is C9H20N2O2. The molecule has 0 aliphatic heterocycles. The maximum Gasteiger partial charge on any atom is 0.233 e. The van der Waals surface area contributed by atoms with Gasteiger partial charge in [0.1, 0.15) is 0 Å². The first kappa shape index (κ1) is 12.4. The lowest BCUT2D eigenvalue weighted by molar-refractivity contribution is -0.119. The summed E-state index contributed by atoms with van der Waals surface area (Å²) in [6.07, 6.45) is 0. The van der Waals surface area contributed by atoms with E-state index in [9.17, 15) is 9.90 Å². The fraction of sp³-hybridized carbons (Fsp3) is 0.889. The second-order valence-electron chi connectivity index (χ2n) is 3.79. The molecule has 0 saturated carbocycles. The van der Waals surface area contributed by atoms with Crippen molar-refractivity contribution in [1.82, 2.24) is 10.6 Å². The van der Waals surface area contributed by atoms with Crippen molar-refractivity contribution in [3.05, 3.63) is 0 Å². The Morgan fingerprint density at radius 2 is 2.08 bits per heavy atom. The van der Waals surface area contributed by atoms with E-state index in [4.69, 9.17) is 0 Å². The van der Waals surface area contributed by atoms with Crippen molar-refractivity contribution < 1.29 is 9.90 Å². The molecule has 0 aromatic rings. The molecule has 0 bridgehead atoms. The summed E-state index contributed by atoms with van der Waals surface area (Å²) in [5.74, 6) is 0.101. The minimum atomic E-state index is -0.756. The van der Waals surface area contributed by atoms with Crippen LogP contribution < -0.4 is 10.6 Å². The minimum Gasteiger partial charge on any atom is -0.389 e. The Labute approximate surface area is 79.7 Å². The van der Waals surface area contributed by atoms with Crippen LogP contribution in [0.15, 0.2) is 0 Å². The van der Waals surface area contributed by atoms with Crippen LogP contribution in [0.3, 0.4) is 0 Å². The molecule has 78 valence electrons. The van der Waals surface area contributed by atoms with Crippen LogP contribution in [-0.4, -0.2) is 36.8 Å². The largest absolute Gasteiger partial charge is 0.389 e. The van der Waals surface area contributed by atoms with Gasteiger partial charge >= 0.3 is 0 Å². The molecule has 0 spiro atoms. The Hall–Kier alpha value is -0.610. The maximum atomic E-state index is 10.8. The van der Waals surface area contributed by atoms with Gasteiger partial charge in [-0.2, -0.15) is 0 Å².